The van der Waals surface area contributed by atoms with Crippen molar-refractivity contribution in [2.24, 2.45) is 0 Å². The zero-order valence-electron chi connectivity index (χ0n) is 15.0. The van der Waals surface area contributed by atoms with Crippen LogP contribution in [0.25, 0.3) is 11.5 Å². The summed E-state index contributed by atoms with van der Waals surface area (Å²) in [5.74, 6) is 0.699. The van der Waals surface area contributed by atoms with Crippen LogP contribution in [-0.4, -0.2) is 36.8 Å². The molecule has 0 amide bonds. The highest BCUT2D eigenvalue weighted by Crippen LogP contribution is 2.31. The second-order valence-electron chi connectivity index (χ2n) is 7.07. The van der Waals surface area contributed by atoms with Crippen LogP contribution in [0.3, 0.4) is 0 Å². The van der Waals surface area contributed by atoms with Crippen LogP contribution >= 0.6 is 0 Å². The van der Waals surface area contributed by atoms with Gasteiger partial charge in [-0.15, -0.1) is 0 Å². The van der Waals surface area contributed by atoms with Crippen molar-refractivity contribution in [3.8, 4) is 17.5 Å². The third kappa shape index (κ3) is 3.84. The van der Waals surface area contributed by atoms with Crippen molar-refractivity contribution in [2.45, 2.75) is 49.5 Å². The number of rotatable bonds is 5. The predicted molar refractivity (Wildman–Crippen MR) is 101 cm³/mol. The van der Waals surface area contributed by atoms with E-state index in [1.807, 2.05) is 6.07 Å². The number of nitrogens with one attached hydrogen (secondary N) is 1. The number of nitrogens with zero attached hydrogens (tertiary/aromatic N) is 3. The summed E-state index contributed by atoms with van der Waals surface area (Å²) in [4.78, 5) is 4.50. The third-order valence-electron chi connectivity index (χ3n) is 4.95. The van der Waals surface area contributed by atoms with Crippen molar-refractivity contribution < 1.29 is 12.8 Å². The van der Waals surface area contributed by atoms with E-state index in [9.17, 15) is 13.7 Å². The molecule has 27 heavy (non-hydrogen) atoms. The number of anilines is 1. The monoisotopic (exact) mass is 386 g/mol. The molecular formula is C19H22N4O3S. The van der Waals surface area contributed by atoms with E-state index < -0.39 is 10.0 Å². The molecule has 2 heterocycles. The van der Waals surface area contributed by atoms with Crippen LogP contribution in [0.1, 0.15) is 44.2 Å². The molecule has 1 saturated heterocycles. The highest BCUT2D eigenvalue weighted by Gasteiger charge is 2.27. The maximum Gasteiger partial charge on any atom is 0.243 e. The molecule has 0 unspecified atom stereocenters. The van der Waals surface area contributed by atoms with Gasteiger partial charge >= 0.3 is 0 Å². The van der Waals surface area contributed by atoms with Gasteiger partial charge in [-0.05, 0) is 49.9 Å². The van der Waals surface area contributed by atoms with E-state index in [1.54, 1.807) is 28.6 Å². The van der Waals surface area contributed by atoms with Crippen LogP contribution in [0.2, 0.25) is 0 Å². The SMILES string of the molecule is N#Cc1nc(-c2ccc(S(=O)(=O)N3CCCCCC3)cc2)oc1NC1CC1. The highest BCUT2D eigenvalue weighted by atomic mass is 32.2. The van der Waals surface area contributed by atoms with Gasteiger partial charge < -0.3 is 9.73 Å². The summed E-state index contributed by atoms with van der Waals surface area (Å²) in [5, 5.41) is 12.4. The van der Waals surface area contributed by atoms with Gasteiger partial charge in [0.15, 0.2) is 0 Å². The molecule has 2 fully saturated rings. The van der Waals surface area contributed by atoms with Gasteiger partial charge in [-0.1, -0.05) is 12.8 Å². The second-order valence-corrected chi connectivity index (χ2v) is 9.01. The number of hydrogen-bond acceptors (Lipinski definition) is 6. The van der Waals surface area contributed by atoms with Crippen LogP contribution in [-0.2, 0) is 10.0 Å². The first-order chi connectivity index (χ1) is 13.1. The molecule has 0 spiro atoms. The van der Waals surface area contributed by atoms with Crippen molar-refractivity contribution in [3.05, 3.63) is 30.0 Å². The van der Waals surface area contributed by atoms with Crippen LogP contribution in [0.15, 0.2) is 33.6 Å². The fourth-order valence-corrected chi connectivity index (χ4v) is 4.75. The van der Waals surface area contributed by atoms with E-state index in [-0.39, 0.29) is 10.6 Å². The number of hydrogen-bond donors (Lipinski definition) is 1. The molecular weight excluding hydrogens is 364 g/mol. The number of nitriles is 1. The first-order valence-corrected chi connectivity index (χ1v) is 10.8. The smallest absolute Gasteiger partial charge is 0.243 e. The van der Waals surface area contributed by atoms with Gasteiger partial charge in [0.05, 0.1) is 4.90 Å². The zero-order chi connectivity index (χ0) is 18.9. The molecule has 4 rings (SSSR count). The number of benzene rings is 1. The lowest BCUT2D eigenvalue weighted by molar-refractivity contribution is 0.423. The van der Waals surface area contributed by atoms with Gasteiger partial charge in [0, 0.05) is 24.7 Å². The number of oxazole rings is 1. The van der Waals surface area contributed by atoms with Gasteiger partial charge in [-0.25, -0.2) is 8.42 Å². The summed E-state index contributed by atoms with van der Waals surface area (Å²) >= 11 is 0. The Morgan fingerprint density at radius 3 is 2.37 bits per heavy atom. The molecule has 1 aromatic carbocycles. The summed E-state index contributed by atoms with van der Waals surface area (Å²) in [7, 11) is -3.48. The molecule has 142 valence electrons. The fraction of sp³-hybridized carbons (Fsp3) is 0.474. The molecule has 0 radical (unpaired) electrons. The molecule has 8 heteroatoms. The molecule has 2 aromatic rings. The van der Waals surface area contributed by atoms with E-state index in [0.29, 0.717) is 36.5 Å². The number of aromatic nitrogens is 1. The van der Waals surface area contributed by atoms with Gasteiger partial charge in [-0.2, -0.15) is 14.6 Å². The predicted octanol–water partition coefficient (Wildman–Crippen LogP) is 3.35. The zero-order valence-corrected chi connectivity index (χ0v) is 15.8. The molecule has 1 saturated carbocycles. The largest absolute Gasteiger partial charge is 0.419 e. The van der Waals surface area contributed by atoms with E-state index in [4.69, 9.17) is 4.42 Å². The molecule has 1 aromatic heterocycles. The molecule has 1 aliphatic carbocycles. The van der Waals surface area contributed by atoms with E-state index in [2.05, 4.69) is 10.3 Å². The van der Waals surface area contributed by atoms with Crippen LogP contribution in [0.4, 0.5) is 5.88 Å². The Labute approximate surface area is 159 Å². The first kappa shape index (κ1) is 18.0. The van der Waals surface area contributed by atoms with Gasteiger partial charge in [-0.3, -0.25) is 0 Å². The first-order valence-electron chi connectivity index (χ1n) is 9.36. The van der Waals surface area contributed by atoms with Gasteiger partial charge in [0.2, 0.25) is 27.5 Å². The lowest BCUT2D eigenvalue weighted by Gasteiger charge is -2.19. The molecule has 1 aliphatic heterocycles. The maximum absolute atomic E-state index is 12.9. The summed E-state index contributed by atoms with van der Waals surface area (Å²) < 4.78 is 33.0. The molecule has 7 nitrogen and oxygen atoms in total. The quantitative estimate of drug-likeness (QED) is 0.846. The second kappa shape index (κ2) is 7.33. The van der Waals surface area contributed by atoms with Crippen molar-refractivity contribution in [1.82, 2.24) is 9.29 Å². The van der Waals surface area contributed by atoms with Crippen LogP contribution in [0.5, 0.6) is 0 Å². The fourth-order valence-electron chi connectivity index (χ4n) is 3.23. The number of sulfonamides is 1. The Morgan fingerprint density at radius 1 is 1.11 bits per heavy atom. The van der Waals surface area contributed by atoms with Crippen molar-refractivity contribution in [3.63, 3.8) is 0 Å². The van der Waals surface area contributed by atoms with Crippen molar-refractivity contribution in [2.75, 3.05) is 18.4 Å². The van der Waals surface area contributed by atoms with Crippen molar-refractivity contribution >= 4 is 15.9 Å². The van der Waals surface area contributed by atoms with E-state index in [0.717, 1.165) is 38.5 Å². The minimum atomic E-state index is -3.48. The van der Waals surface area contributed by atoms with E-state index >= 15 is 0 Å². The summed E-state index contributed by atoms with van der Waals surface area (Å²) in [6.07, 6.45) is 6.08. The normalized spacial score (nSPS) is 18.6. The molecule has 2 aliphatic rings. The van der Waals surface area contributed by atoms with E-state index in [1.165, 1.54) is 0 Å². The van der Waals surface area contributed by atoms with Crippen LogP contribution < -0.4 is 5.32 Å². The summed E-state index contributed by atoms with van der Waals surface area (Å²) in [5.41, 5.74) is 0.864. The maximum atomic E-state index is 12.9. The summed E-state index contributed by atoms with van der Waals surface area (Å²) in [6, 6.07) is 8.90. The van der Waals surface area contributed by atoms with Crippen molar-refractivity contribution in [1.29, 1.82) is 5.26 Å². The Balaban J connectivity index is 1.57. The minimum Gasteiger partial charge on any atom is -0.419 e. The summed E-state index contributed by atoms with van der Waals surface area (Å²) in [6.45, 7) is 1.15. The standard InChI is InChI=1S/C19H22N4O3S/c20-13-17-19(21-15-7-8-15)26-18(22-17)14-5-9-16(10-6-14)27(24,25)23-11-3-1-2-4-12-23/h5-6,9-10,15,21H,1-4,7-8,11-12H2. The van der Waals surface area contributed by atoms with Gasteiger partial charge in [0.25, 0.3) is 0 Å². The van der Waals surface area contributed by atoms with Gasteiger partial charge in [0.1, 0.15) is 6.07 Å². The molecule has 0 atom stereocenters. The Kier molecular flexibility index (Phi) is 4.89. The lowest BCUT2D eigenvalue weighted by atomic mass is 10.2. The topological polar surface area (TPSA) is 99.2 Å². The Morgan fingerprint density at radius 2 is 1.78 bits per heavy atom. The third-order valence-corrected chi connectivity index (χ3v) is 6.86. The molecule has 0 bridgehead atoms. The highest BCUT2D eigenvalue weighted by molar-refractivity contribution is 7.89. The Bertz CT molecular complexity index is 948. The average Bonchev–Trinajstić information content (AvgIpc) is 3.45. The lowest BCUT2D eigenvalue weighted by Crippen LogP contribution is -2.31. The Hall–Kier alpha value is -2.37. The minimum absolute atomic E-state index is 0.221. The molecule has 1 N–H and O–H groups in total. The van der Waals surface area contributed by atoms with Crippen LogP contribution in [0, 0.1) is 11.3 Å². The average molecular weight is 386 g/mol.